The van der Waals surface area contributed by atoms with E-state index in [0.29, 0.717) is 6.42 Å². The van der Waals surface area contributed by atoms with Gasteiger partial charge < -0.3 is 0 Å². The second-order valence-electron chi connectivity index (χ2n) is 6.26. The number of hydrogen-bond acceptors (Lipinski definition) is 3. The zero-order valence-corrected chi connectivity index (χ0v) is 15.4. The fraction of sp³-hybridized carbons (Fsp3) is 1.00. The standard InChI is InChI=1S/C17H36O4S/c1-3-5-7-8-9-10-11-12-13-14-16-17(15-6-4-2)21-22(18,19)20/h17H,3-16H2,1-2H3,(H,18,19,20). The second-order valence-corrected chi connectivity index (χ2v) is 7.31. The van der Waals surface area contributed by atoms with Crippen LogP contribution >= 0.6 is 0 Å². The Labute approximate surface area is 138 Å². The molecule has 22 heavy (non-hydrogen) atoms. The molecule has 0 fully saturated rings. The zero-order valence-electron chi connectivity index (χ0n) is 14.6. The van der Waals surface area contributed by atoms with Gasteiger partial charge in [-0.3, -0.25) is 4.55 Å². The molecule has 0 rings (SSSR count). The van der Waals surface area contributed by atoms with Crippen LogP contribution in [0.2, 0.25) is 0 Å². The Morgan fingerprint density at radius 2 is 1.14 bits per heavy atom. The molecule has 0 aliphatic rings. The van der Waals surface area contributed by atoms with Crippen LogP contribution in [-0.2, 0) is 14.6 Å². The van der Waals surface area contributed by atoms with Gasteiger partial charge in [0.2, 0.25) is 0 Å². The van der Waals surface area contributed by atoms with E-state index in [2.05, 4.69) is 13.8 Å². The van der Waals surface area contributed by atoms with Crippen molar-refractivity contribution in [1.29, 1.82) is 0 Å². The largest absolute Gasteiger partial charge is 0.397 e. The van der Waals surface area contributed by atoms with E-state index in [1.54, 1.807) is 0 Å². The monoisotopic (exact) mass is 336 g/mol. The van der Waals surface area contributed by atoms with Crippen LogP contribution in [0.3, 0.4) is 0 Å². The number of rotatable bonds is 16. The van der Waals surface area contributed by atoms with Crippen LogP contribution in [0.1, 0.15) is 104 Å². The Hall–Kier alpha value is -0.130. The molecule has 0 spiro atoms. The first-order valence-corrected chi connectivity index (χ1v) is 10.5. The minimum atomic E-state index is -4.32. The van der Waals surface area contributed by atoms with Crippen molar-refractivity contribution < 1.29 is 17.2 Å². The van der Waals surface area contributed by atoms with Gasteiger partial charge in [0, 0.05) is 0 Å². The molecule has 0 saturated heterocycles. The quantitative estimate of drug-likeness (QED) is 0.291. The summed E-state index contributed by atoms with van der Waals surface area (Å²) in [7, 11) is -4.32. The first-order chi connectivity index (χ1) is 10.5. The van der Waals surface area contributed by atoms with Crippen molar-refractivity contribution in [2.45, 2.75) is 110 Å². The molecule has 0 aromatic carbocycles. The lowest BCUT2D eigenvalue weighted by Gasteiger charge is -2.14. The highest BCUT2D eigenvalue weighted by molar-refractivity contribution is 7.80. The van der Waals surface area contributed by atoms with Crippen molar-refractivity contribution in [3.05, 3.63) is 0 Å². The Morgan fingerprint density at radius 3 is 1.59 bits per heavy atom. The molecule has 0 aliphatic heterocycles. The van der Waals surface area contributed by atoms with Crippen molar-refractivity contribution in [3.8, 4) is 0 Å². The van der Waals surface area contributed by atoms with Crippen molar-refractivity contribution in [2.75, 3.05) is 0 Å². The third-order valence-electron chi connectivity index (χ3n) is 4.02. The summed E-state index contributed by atoms with van der Waals surface area (Å²) in [6.07, 6.45) is 15.6. The Kier molecular flexibility index (Phi) is 14.4. The van der Waals surface area contributed by atoms with Gasteiger partial charge in [0.1, 0.15) is 0 Å². The Morgan fingerprint density at radius 1 is 0.727 bits per heavy atom. The summed E-state index contributed by atoms with van der Waals surface area (Å²) < 4.78 is 35.2. The summed E-state index contributed by atoms with van der Waals surface area (Å²) in [5.74, 6) is 0. The third-order valence-corrected chi connectivity index (χ3v) is 4.53. The average molecular weight is 337 g/mol. The average Bonchev–Trinajstić information content (AvgIpc) is 2.45. The van der Waals surface area contributed by atoms with Gasteiger partial charge in [-0.15, -0.1) is 0 Å². The van der Waals surface area contributed by atoms with E-state index in [9.17, 15) is 8.42 Å². The van der Waals surface area contributed by atoms with Crippen LogP contribution < -0.4 is 0 Å². The van der Waals surface area contributed by atoms with Crippen LogP contribution in [0.25, 0.3) is 0 Å². The molecule has 0 aromatic heterocycles. The van der Waals surface area contributed by atoms with E-state index in [0.717, 1.165) is 32.1 Å². The van der Waals surface area contributed by atoms with E-state index in [1.165, 1.54) is 51.4 Å². The van der Waals surface area contributed by atoms with Crippen LogP contribution in [0.15, 0.2) is 0 Å². The highest BCUT2D eigenvalue weighted by atomic mass is 32.3. The minimum absolute atomic E-state index is 0.357. The molecule has 0 radical (unpaired) electrons. The summed E-state index contributed by atoms with van der Waals surface area (Å²) in [5, 5.41) is 0. The maximum absolute atomic E-state index is 10.8. The normalized spacial score (nSPS) is 13.4. The van der Waals surface area contributed by atoms with Gasteiger partial charge in [0.05, 0.1) is 6.10 Å². The van der Waals surface area contributed by atoms with Gasteiger partial charge in [0.25, 0.3) is 0 Å². The molecule has 1 unspecified atom stereocenters. The van der Waals surface area contributed by atoms with Crippen LogP contribution in [0, 0.1) is 0 Å². The lowest BCUT2D eigenvalue weighted by Crippen LogP contribution is -2.18. The molecule has 1 N–H and O–H groups in total. The van der Waals surface area contributed by atoms with Crippen LogP contribution in [0.5, 0.6) is 0 Å². The van der Waals surface area contributed by atoms with Crippen molar-refractivity contribution in [2.24, 2.45) is 0 Å². The predicted octanol–water partition coefficient (Wildman–Crippen LogP) is 5.68. The molecule has 134 valence electrons. The molecule has 0 amide bonds. The maximum atomic E-state index is 10.8. The van der Waals surface area contributed by atoms with E-state index in [-0.39, 0.29) is 6.10 Å². The SMILES string of the molecule is CCCCCCCCCCCCC(CCCC)OS(=O)(=O)O. The maximum Gasteiger partial charge on any atom is 0.397 e. The smallest absolute Gasteiger partial charge is 0.264 e. The summed E-state index contributed by atoms with van der Waals surface area (Å²) in [6.45, 7) is 4.30. The van der Waals surface area contributed by atoms with E-state index < -0.39 is 10.4 Å². The van der Waals surface area contributed by atoms with Gasteiger partial charge in [0.15, 0.2) is 0 Å². The van der Waals surface area contributed by atoms with E-state index in [4.69, 9.17) is 8.74 Å². The topological polar surface area (TPSA) is 63.6 Å². The van der Waals surface area contributed by atoms with Gasteiger partial charge >= 0.3 is 10.4 Å². The molecule has 1 atom stereocenters. The molecule has 4 nitrogen and oxygen atoms in total. The first kappa shape index (κ1) is 21.9. The summed E-state index contributed by atoms with van der Waals surface area (Å²) in [6, 6.07) is 0. The van der Waals surface area contributed by atoms with Crippen molar-refractivity contribution in [1.82, 2.24) is 0 Å². The highest BCUT2D eigenvalue weighted by Gasteiger charge is 2.16. The predicted molar refractivity (Wildman–Crippen MR) is 92.4 cm³/mol. The molecule has 0 aromatic rings. The number of hydrogen-bond donors (Lipinski definition) is 1. The molecular formula is C17H36O4S. The van der Waals surface area contributed by atoms with Crippen molar-refractivity contribution >= 4 is 10.4 Å². The second kappa shape index (κ2) is 14.5. The summed E-state index contributed by atoms with van der Waals surface area (Å²) in [4.78, 5) is 0. The molecule has 0 bridgehead atoms. The zero-order chi connectivity index (χ0) is 16.7. The van der Waals surface area contributed by atoms with Crippen LogP contribution in [-0.4, -0.2) is 19.1 Å². The van der Waals surface area contributed by atoms with Gasteiger partial charge in [-0.05, 0) is 12.8 Å². The lowest BCUT2D eigenvalue weighted by molar-refractivity contribution is 0.158. The molecule has 0 heterocycles. The lowest BCUT2D eigenvalue weighted by atomic mass is 10.0. The van der Waals surface area contributed by atoms with Crippen molar-refractivity contribution in [3.63, 3.8) is 0 Å². The Bertz CT molecular complexity index is 328. The van der Waals surface area contributed by atoms with Gasteiger partial charge in [-0.1, -0.05) is 90.9 Å². The molecule has 0 aliphatic carbocycles. The molecule has 0 saturated carbocycles. The molecule has 5 heteroatoms. The third kappa shape index (κ3) is 16.2. The molecular weight excluding hydrogens is 300 g/mol. The van der Waals surface area contributed by atoms with E-state index >= 15 is 0 Å². The fourth-order valence-corrected chi connectivity index (χ4v) is 3.24. The highest BCUT2D eigenvalue weighted by Crippen LogP contribution is 2.17. The Balaban J connectivity index is 3.58. The summed E-state index contributed by atoms with van der Waals surface area (Å²) in [5.41, 5.74) is 0. The fourth-order valence-electron chi connectivity index (χ4n) is 2.70. The van der Waals surface area contributed by atoms with Crippen LogP contribution in [0.4, 0.5) is 0 Å². The first-order valence-electron chi connectivity index (χ1n) is 9.15. The minimum Gasteiger partial charge on any atom is -0.264 e. The van der Waals surface area contributed by atoms with Gasteiger partial charge in [-0.2, -0.15) is 8.42 Å². The summed E-state index contributed by atoms with van der Waals surface area (Å²) >= 11 is 0. The number of unbranched alkanes of at least 4 members (excludes halogenated alkanes) is 10. The van der Waals surface area contributed by atoms with E-state index in [1.807, 2.05) is 0 Å². The van der Waals surface area contributed by atoms with Gasteiger partial charge in [-0.25, -0.2) is 4.18 Å².